The van der Waals surface area contributed by atoms with Crippen LogP contribution in [0.25, 0.3) is 10.9 Å². The third kappa shape index (κ3) is 4.45. The van der Waals surface area contributed by atoms with Gasteiger partial charge in [0, 0.05) is 24.1 Å². The van der Waals surface area contributed by atoms with Crippen molar-refractivity contribution in [1.29, 1.82) is 0 Å². The maximum atomic E-state index is 13.5. The molecule has 1 heterocycles. The van der Waals surface area contributed by atoms with Crippen molar-refractivity contribution < 1.29 is 27.1 Å². The highest BCUT2D eigenvalue weighted by Crippen LogP contribution is 2.18. The Labute approximate surface area is 123 Å². The van der Waals surface area contributed by atoms with E-state index in [-0.39, 0.29) is 25.3 Å². The Morgan fingerprint density at radius 1 is 1.32 bits per heavy atom. The number of benzene rings is 1. The number of rotatable bonds is 6. The highest BCUT2D eigenvalue weighted by molar-refractivity contribution is 5.98. The first-order chi connectivity index (χ1) is 10.4. The number of halogens is 4. The van der Waals surface area contributed by atoms with Crippen LogP contribution in [0, 0.1) is 5.82 Å². The summed E-state index contributed by atoms with van der Waals surface area (Å²) in [5.41, 5.74) is 0.690. The maximum absolute atomic E-state index is 13.5. The molecule has 0 aliphatic heterocycles. The zero-order chi connectivity index (χ0) is 16.2. The van der Waals surface area contributed by atoms with E-state index in [9.17, 15) is 22.4 Å². The SMILES string of the molecule is O=C(NCCCOCC(F)(F)F)c1cc2c(F)cccc2[nH]1. The van der Waals surface area contributed by atoms with Gasteiger partial charge in [0.05, 0.1) is 0 Å². The molecule has 1 amide bonds. The smallest absolute Gasteiger partial charge is 0.372 e. The second kappa shape index (κ2) is 6.78. The van der Waals surface area contributed by atoms with Gasteiger partial charge in [-0.25, -0.2) is 4.39 Å². The van der Waals surface area contributed by atoms with Crippen molar-refractivity contribution in [2.24, 2.45) is 0 Å². The van der Waals surface area contributed by atoms with Gasteiger partial charge < -0.3 is 15.0 Å². The number of alkyl halides is 3. The van der Waals surface area contributed by atoms with Crippen LogP contribution in [0.1, 0.15) is 16.9 Å². The summed E-state index contributed by atoms with van der Waals surface area (Å²) in [5.74, 6) is -0.889. The molecule has 0 bridgehead atoms. The molecule has 2 aromatic rings. The first-order valence-corrected chi connectivity index (χ1v) is 6.57. The van der Waals surface area contributed by atoms with Crippen molar-refractivity contribution in [2.75, 3.05) is 19.8 Å². The number of aromatic nitrogens is 1. The molecule has 8 heteroatoms. The summed E-state index contributed by atoms with van der Waals surface area (Å²) < 4.78 is 53.4. The van der Waals surface area contributed by atoms with Crippen molar-refractivity contribution >= 4 is 16.8 Å². The van der Waals surface area contributed by atoms with Crippen LogP contribution in [0.3, 0.4) is 0 Å². The Bertz CT molecular complexity index is 652. The van der Waals surface area contributed by atoms with Crippen LogP contribution in [0.15, 0.2) is 24.3 Å². The number of fused-ring (bicyclic) bond motifs is 1. The quantitative estimate of drug-likeness (QED) is 0.635. The zero-order valence-electron chi connectivity index (χ0n) is 11.5. The molecule has 0 saturated carbocycles. The Balaban J connectivity index is 1.78. The van der Waals surface area contributed by atoms with Gasteiger partial charge in [-0.15, -0.1) is 0 Å². The van der Waals surface area contributed by atoms with Crippen LogP contribution >= 0.6 is 0 Å². The van der Waals surface area contributed by atoms with Crippen molar-refractivity contribution in [1.82, 2.24) is 10.3 Å². The fourth-order valence-electron chi connectivity index (χ4n) is 1.90. The van der Waals surface area contributed by atoms with E-state index in [4.69, 9.17) is 0 Å². The summed E-state index contributed by atoms with van der Waals surface area (Å²) in [4.78, 5) is 14.6. The van der Waals surface area contributed by atoms with E-state index >= 15 is 0 Å². The standard InChI is InChI=1S/C14H14F4N2O2/c15-10-3-1-4-11-9(10)7-12(20-11)13(21)19-5-2-6-22-8-14(16,17)18/h1,3-4,7,20H,2,5-6,8H2,(H,19,21). The number of ether oxygens (including phenoxy) is 1. The Kier molecular flexibility index (Phi) is 5.02. The molecule has 120 valence electrons. The van der Waals surface area contributed by atoms with Gasteiger partial charge in [0.15, 0.2) is 0 Å². The highest BCUT2D eigenvalue weighted by atomic mass is 19.4. The molecule has 2 N–H and O–H groups in total. The predicted molar refractivity (Wildman–Crippen MR) is 72.1 cm³/mol. The zero-order valence-corrected chi connectivity index (χ0v) is 11.5. The Morgan fingerprint density at radius 3 is 2.77 bits per heavy atom. The van der Waals surface area contributed by atoms with Gasteiger partial charge in [-0.2, -0.15) is 13.2 Å². The second-order valence-electron chi connectivity index (χ2n) is 4.66. The minimum absolute atomic E-state index is 0.110. The van der Waals surface area contributed by atoms with Crippen LogP contribution in [-0.4, -0.2) is 36.8 Å². The normalized spacial score (nSPS) is 11.8. The fraction of sp³-hybridized carbons (Fsp3) is 0.357. The van der Waals surface area contributed by atoms with Crippen molar-refractivity contribution in [3.05, 3.63) is 35.8 Å². The van der Waals surface area contributed by atoms with E-state index in [0.29, 0.717) is 10.9 Å². The van der Waals surface area contributed by atoms with E-state index in [1.807, 2.05) is 0 Å². The summed E-state index contributed by atoms with van der Waals surface area (Å²) in [7, 11) is 0. The Hall–Kier alpha value is -2.09. The van der Waals surface area contributed by atoms with Crippen LogP contribution in [-0.2, 0) is 4.74 Å². The molecule has 0 fully saturated rings. The third-order valence-electron chi connectivity index (χ3n) is 2.87. The van der Waals surface area contributed by atoms with Crippen molar-refractivity contribution in [3.8, 4) is 0 Å². The van der Waals surface area contributed by atoms with Crippen LogP contribution in [0.4, 0.5) is 17.6 Å². The summed E-state index contributed by atoms with van der Waals surface area (Å²) in [6.07, 6.45) is -4.10. The summed E-state index contributed by atoms with van der Waals surface area (Å²) >= 11 is 0. The molecule has 4 nitrogen and oxygen atoms in total. The average Bonchev–Trinajstić information content (AvgIpc) is 2.87. The lowest BCUT2D eigenvalue weighted by Crippen LogP contribution is -2.26. The van der Waals surface area contributed by atoms with Crippen molar-refractivity contribution in [2.45, 2.75) is 12.6 Å². The van der Waals surface area contributed by atoms with E-state index in [0.717, 1.165) is 0 Å². The number of nitrogens with one attached hydrogen (secondary N) is 2. The number of hydrogen-bond donors (Lipinski definition) is 2. The van der Waals surface area contributed by atoms with Gasteiger partial charge in [0.25, 0.3) is 5.91 Å². The number of carbonyl (C=O) groups is 1. The molecule has 0 aliphatic rings. The van der Waals surface area contributed by atoms with E-state index in [1.54, 1.807) is 6.07 Å². The molecule has 1 aromatic heterocycles. The van der Waals surface area contributed by atoms with Gasteiger partial charge >= 0.3 is 6.18 Å². The predicted octanol–water partition coefficient (Wildman–Crippen LogP) is 3.01. The minimum atomic E-state index is -4.35. The molecule has 2 rings (SSSR count). The van der Waals surface area contributed by atoms with Gasteiger partial charge in [0.2, 0.25) is 0 Å². The fourth-order valence-corrected chi connectivity index (χ4v) is 1.90. The summed E-state index contributed by atoms with van der Waals surface area (Å²) in [6.45, 7) is -1.25. The molecule has 0 aliphatic carbocycles. The molecule has 0 spiro atoms. The lowest BCUT2D eigenvalue weighted by Gasteiger charge is -2.07. The highest BCUT2D eigenvalue weighted by Gasteiger charge is 2.27. The summed E-state index contributed by atoms with van der Waals surface area (Å²) in [5, 5.41) is 2.83. The molecule has 0 radical (unpaired) electrons. The van der Waals surface area contributed by atoms with Gasteiger partial charge in [-0.05, 0) is 24.6 Å². The average molecular weight is 318 g/mol. The van der Waals surface area contributed by atoms with Crippen LogP contribution in [0.2, 0.25) is 0 Å². The topological polar surface area (TPSA) is 54.1 Å². The van der Waals surface area contributed by atoms with Gasteiger partial charge in [-0.1, -0.05) is 6.07 Å². The molecule has 1 aromatic carbocycles. The van der Waals surface area contributed by atoms with Crippen LogP contribution < -0.4 is 5.32 Å². The monoisotopic (exact) mass is 318 g/mol. The lowest BCUT2D eigenvalue weighted by molar-refractivity contribution is -0.173. The molecule has 0 atom stereocenters. The summed E-state index contributed by atoms with van der Waals surface area (Å²) in [6, 6.07) is 5.84. The Morgan fingerprint density at radius 2 is 2.09 bits per heavy atom. The van der Waals surface area contributed by atoms with Gasteiger partial charge in [0.1, 0.15) is 18.1 Å². The van der Waals surface area contributed by atoms with E-state index in [2.05, 4.69) is 15.0 Å². The van der Waals surface area contributed by atoms with E-state index in [1.165, 1.54) is 18.2 Å². The first-order valence-electron chi connectivity index (χ1n) is 6.57. The minimum Gasteiger partial charge on any atom is -0.372 e. The lowest BCUT2D eigenvalue weighted by atomic mass is 10.2. The number of aromatic amines is 1. The van der Waals surface area contributed by atoms with Gasteiger partial charge in [-0.3, -0.25) is 4.79 Å². The molecule has 0 unspecified atom stereocenters. The number of hydrogen-bond acceptors (Lipinski definition) is 2. The van der Waals surface area contributed by atoms with Crippen molar-refractivity contribution in [3.63, 3.8) is 0 Å². The van der Waals surface area contributed by atoms with Crippen LogP contribution in [0.5, 0.6) is 0 Å². The molecule has 22 heavy (non-hydrogen) atoms. The number of carbonyl (C=O) groups excluding carboxylic acids is 1. The molecule has 0 saturated heterocycles. The molecular weight excluding hydrogens is 304 g/mol. The number of H-pyrrole nitrogens is 1. The largest absolute Gasteiger partial charge is 0.411 e. The van der Waals surface area contributed by atoms with E-state index < -0.39 is 24.5 Å². The molecular formula is C14H14F4N2O2. The first kappa shape index (κ1) is 16.3. The third-order valence-corrected chi connectivity index (χ3v) is 2.87. The maximum Gasteiger partial charge on any atom is 0.411 e. The second-order valence-corrected chi connectivity index (χ2v) is 4.66. The number of amides is 1.